The summed E-state index contributed by atoms with van der Waals surface area (Å²) in [6.45, 7) is 1.38. The molecule has 1 N–H and O–H groups in total. The fraction of sp³-hybridized carbons (Fsp3) is 0.417. The fourth-order valence-electron chi connectivity index (χ4n) is 2.17. The van der Waals surface area contributed by atoms with Gasteiger partial charge in [0.2, 0.25) is 0 Å². The third kappa shape index (κ3) is 3.09. The predicted molar refractivity (Wildman–Crippen MR) is 74.8 cm³/mol. The molecule has 1 aromatic carbocycles. The zero-order chi connectivity index (χ0) is 12.4. The summed E-state index contributed by atoms with van der Waals surface area (Å²) in [5, 5.41) is 4.23. The first-order valence-corrected chi connectivity index (χ1v) is 6.12. The number of rotatable bonds is 2. The normalized spacial score (nSPS) is 22.4. The molecule has 1 aliphatic heterocycles. The van der Waals surface area contributed by atoms with E-state index in [4.69, 9.17) is 27.9 Å². The van der Waals surface area contributed by atoms with Gasteiger partial charge in [0.25, 0.3) is 0 Å². The molecule has 0 aromatic heterocycles. The molecule has 6 heteroatoms. The summed E-state index contributed by atoms with van der Waals surface area (Å²) in [6, 6.07) is 5.48. The molecule has 0 radical (unpaired) electrons. The summed E-state index contributed by atoms with van der Waals surface area (Å²) in [6.07, 6.45) is 0. The third-order valence-corrected chi connectivity index (χ3v) is 3.83. The summed E-state index contributed by atoms with van der Waals surface area (Å²) in [5.74, 6) is -0.250. The number of hydrogen-bond donors (Lipinski definition) is 1. The molecule has 18 heavy (non-hydrogen) atoms. The average Bonchev–Trinajstić information content (AvgIpc) is 2.80. The van der Waals surface area contributed by atoms with Gasteiger partial charge in [0, 0.05) is 19.0 Å². The van der Waals surface area contributed by atoms with Crippen molar-refractivity contribution in [3.63, 3.8) is 0 Å². The van der Waals surface area contributed by atoms with Crippen molar-refractivity contribution >= 4 is 41.6 Å². The van der Waals surface area contributed by atoms with Crippen molar-refractivity contribution in [3.8, 4) is 0 Å². The first-order valence-electron chi connectivity index (χ1n) is 5.37. The highest BCUT2D eigenvalue weighted by molar-refractivity contribution is 6.42. The van der Waals surface area contributed by atoms with Gasteiger partial charge in [0.05, 0.1) is 23.1 Å². The Balaban J connectivity index is 0.00000162. The molecule has 2 atom stereocenters. The van der Waals surface area contributed by atoms with Crippen molar-refractivity contribution in [2.24, 2.45) is 5.92 Å². The van der Waals surface area contributed by atoms with Crippen LogP contribution in [0.5, 0.6) is 0 Å². The first-order chi connectivity index (χ1) is 8.13. The van der Waals surface area contributed by atoms with E-state index in [0.29, 0.717) is 16.6 Å². The van der Waals surface area contributed by atoms with Crippen LogP contribution in [0.15, 0.2) is 18.2 Å². The average molecular weight is 311 g/mol. The van der Waals surface area contributed by atoms with Gasteiger partial charge in [0.1, 0.15) is 0 Å². The van der Waals surface area contributed by atoms with Crippen LogP contribution in [0.25, 0.3) is 0 Å². The minimum absolute atomic E-state index is 0. The molecule has 3 nitrogen and oxygen atoms in total. The molecule has 0 unspecified atom stereocenters. The number of hydrogen-bond acceptors (Lipinski definition) is 3. The maximum Gasteiger partial charge on any atom is 0.310 e. The number of nitrogens with one attached hydrogen (secondary N) is 1. The molecule has 1 aromatic rings. The SMILES string of the molecule is COC(=O)[C@H]1CNC[C@@H]1c1ccc(Cl)c(Cl)c1.Cl. The molecule has 0 aliphatic carbocycles. The van der Waals surface area contributed by atoms with Gasteiger partial charge in [-0.05, 0) is 17.7 Å². The highest BCUT2D eigenvalue weighted by Gasteiger charge is 2.34. The molecule has 0 amide bonds. The highest BCUT2D eigenvalue weighted by Crippen LogP contribution is 2.32. The zero-order valence-electron chi connectivity index (χ0n) is 9.78. The second kappa shape index (κ2) is 6.62. The highest BCUT2D eigenvalue weighted by atomic mass is 35.5. The van der Waals surface area contributed by atoms with E-state index in [2.05, 4.69) is 5.32 Å². The summed E-state index contributed by atoms with van der Waals surface area (Å²) < 4.78 is 4.80. The van der Waals surface area contributed by atoms with Gasteiger partial charge in [-0.1, -0.05) is 29.3 Å². The van der Waals surface area contributed by atoms with Crippen molar-refractivity contribution in [2.45, 2.75) is 5.92 Å². The Hall–Kier alpha value is -0.480. The standard InChI is InChI=1S/C12H13Cl2NO2.ClH/c1-17-12(16)9-6-15-5-8(9)7-2-3-10(13)11(14)4-7;/h2-4,8-9,15H,5-6H2,1H3;1H/t8-,9+;/m1./s1. The maximum atomic E-state index is 11.6. The minimum Gasteiger partial charge on any atom is -0.469 e. The van der Waals surface area contributed by atoms with E-state index in [1.165, 1.54) is 7.11 Å². The largest absolute Gasteiger partial charge is 0.469 e. The Labute approximate surface area is 122 Å². The molecule has 1 saturated heterocycles. The van der Waals surface area contributed by atoms with Crippen LogP contribution in [0.1, 0.15) is 11.5 Å². The van der Waals surface area contributed by atoms with Gasteiger partial charge in [-0.2, -0.15) is 0 Å². The van der Waals surface area contributed by atoms with Gasteiger partial charge >= 0.3 is 5.97 Å². The van der Waals surface area contributed by atoms with E-state index >= 15 is 0 Å². The quantitative estimate of drug-likeness (QED) is 0.854. The van der Waals surface area contributed by atoms with Crippen molar-refractivity contribution in [1.82, 2.24) is 5.32 Å². The van der Waals surface area contributed by atoms with E-state index in [1.807, 2.05) is 12.1 Å². The van der Waals surface area contributed by atoms with Crippen LogP contribution in [-0.2, 0) is 9.53 Å². The fourth-order valence-corrected chi connectivity index (χ4v) is 2.48. The molecule has 1 aliphatic rings. The summed E-state index contributed by atoms with van der Waals surface area (Å²) >= 11 is 11.9. The van der Waals surface area contributed by atoms with Gasteiger partial charge < -0.3 is 10.1 Å². The maximum absolute atomic E-state index is 11.6. The molecule has 0 spiro atoms. The lowest BCUT2D eigenvalue weighted by atomic mass is 9.89. The third-order valence-electron chi connectivity index (χ3n) is 3.09. The van der Waals surface area contributed by atoms with Crippen LogP contribution in [0.2, 0.25) is 10.0 Å². The molecule has 0 saturated carbocycles. The Kier molecular flexibility index (Phi) is 5.73. The van der Waals surface area contributed by atoms with Crippen LogP contribution in [0.3, 0.4) is 0 Å². The molecule has 100 valence electrons. The van der Waals surface area contributed by atoms with Crippen LogP contribution in [0.4, 0.5) is 0 Å². The summed E-state index contributed by atoms with van der Waals surface area (Å²) in [7, 11) is 1.41. The zero-order valence-corrected chi connectivity index (χ0v) is 12.1. The molecule has 2 rings (SSSR count). The van der Waals surface area contributed by atoms with Crippen LogP contribution in [-0.4, -0.2) is 26.2 Å². The van der Waals surface area contributed by atoms with Crippen LogP contribution < -0.4 is 5.32 Å². The lowest BCUT2D eigenvalue weighted by Crippen LogP contribution is -2.22. The molecule has 1 fully saturated rings. The Morgan fingerprint density at radius 2 is 2.06 bits per heavy atom. The number of carbonyl (C=O) groups is 1. The Morgan fingerprint density at radius 3 is 2.67 bits per heavy atom. The topological polar surface area (TPSA) is 38.3 Å². The molecular formula is C12H14Cl3NO2. The van der Waals surface area contributed by atoms with Gasteiger partial charge in [0.15, 0.2) is 0 Å². The lowest BCUT2D eigenvalue weighted by molar-refractivity contribution is -0.145. The smallest absolute Gasteiger partial charge is 0.310 e. The number of carbonyl (C=O) groups excluding carboxylic acids is 1. The predicted octanol–water partition coefficient (Wildman–Crippen LogP) is 2.89. The van der Waals surface area contributed by atoms with Crippen molar-refractivity contribution in [2.75, 3.05) is 20.2 Å². The van der Waals surface area contributed by atoms with Gasteiger partial charge in [-0.25, -0.2) is 0 Å². The lowest BCUT2D eigenvalue weighted by Gasteiger charge is -2.17. The number of halogens is 3. The summed E-state index contributed by atoms with van der Waals surface area (Å²) in [4.78, 5) is 11.6. The number of methoxy groups -OCH3 is 1. The van der Waals surface area contributed by atoms with Crippen LogP contribution >= 0.6 is 35.6 Å². The van der Waals surface area contributed by atoms with E-state index < -0.39 is 0 Å². The first kappa shape index (κ1) is 15.6. The van der Waals surface area contributed by atoms with Crippen LogP contribution in [0, 0.1) is 5.92 Å². The van der Waals surface area contributed by atoms with Gasteiger partial charge in [-0.15, -0.1) is 12.4 Å². The number of ether oxygens (including phenoxy) is 1. The Morgan fingerprint density at radius 1 is 1.33 bits per heavy atom. The monoisotopic (exact) mass is 309 g/mol. The Bertz CT molecular complexity index is 439. The second-order valence-electron chi connectivity index (χ2n) is 4.07. The van der Waals surface area contributed by atoms with Gasteiger partial charge in [-0.3, -0.25) is 4.79 Å². The van der Waals surface area contributed by atoms with E-state index in [1.54, 1.807) is 6.07 Å². The van der Waals surface area contributed by atoms with Crippen molar-refractivity contribution in [1.29, 1.82) is 0 Å². The van der Waals surface area contributed by atoms with E-state index in [-0.39, 0.29) is 30.2 Å². The molecule has 1 heterocycles. The van der Waals surface area contributed by atoms with E-state index in [0.717, 1.165) is 12.1 Å². The number of esters is 1. The molecular weight excluding hydrogens is 296 g/mol. The summed E-state index contributed by atoms with van der Waals surface area (Å²) in [5.41, 5.74) is 1.01. The minimum atomic E-state index is -0.189. The second-order valence-corrected chi connectivity index (χ2v) is 4.88. The number of benzene rings is 1. The van der Waals surface area contributed by atoms with E-state index in [9.17, 15) is 4.79 Å². The van der Waals surface area contributed by atoms with Crippen molar-refractivity contribution in [3.05, 3.63) is 33.8 Å². The molecule has 0 bridgehead atoms. The van der Waals surface area contributed by atoms with Crippen molar-refractivity contribution < 1.29 is 9.53 Å².